The highest BCUT2D eigenvalue weighted by atomic mass is 16.4. The maximum Gasteiger partial charge on any atom is 0.354 e. The second-order valence-electron chi connectivity index (χ2n) is 3.88. The van der Waals surface area contributed by atoms with E-state index < -0.39 is 5.97 Å². The number of hydrogen-bond acceptors (Lipinski definition) is 4. The summed E-state index contributed by atoms with van der Waals surface area (Å²) in [5.74, 6) is -1.05. The maximum atomic E-state index is 10.8. The number of fused-ring (bicyclic) bond motifs is 1. The van der Waals surface area contributed by atoms with Gasteiger partial charge in [-0.25, -0.2) is 14.5 Å². The largest absolute Gasteiger partial charge is 0.477 e. The lowest BCUT2D eigenvalue weighted by Gasteiger charge is -1.92. The molecule has 3 heterocycles. The maximum absolute atomic E-state index is 10.8. The van der Waals surface area contributed by atoms with Gasteiger partial charge in [-0.2, -0.15) is 10.2 Å². The number of pyridine rings is 1. The van der Waals surface area contributed by atoms with E-state index in [0.717, 1.165) is 11.1 Å². The lowest BCUT2D eigenvalue weighted by molar-refractivity contribution is 0.0690. The summed E-state index contributed by atoms with van der Waals surface area (Å²) in [5, 5.41) is 18.0. The summed E-state index contributed by atoms with van der Waals surface area (Å²) in [6.45, 7) is 0. The lowest BCUT2D eigenvalue weighted by atomic mass is 10.3. The Labute approximate surface area is 101 Å². The van der Waals surface area contributed by atoms with Crippen LogP contribution in [-0.2, 0) is 7.05 Å². The van der Waals surface area contributed by atoms with Crippen molar-refractivity contribution in [2.75, 3.05) is 0 Å². The van der Waals surface area contributed by atoms with Crippen molar-refractivity contribution < 1.29 is 9.90 Å². The first-order valence-electron chi connectivity index (χ1n) is 5.21. The van der Waals surface area contributed by atoms with Crippen LogP contribution in [0.2, 0.25) is 0 Å². The van der Waals surface area contributed by atoms with Gasteiger partial charge in [-0.05, 0) is 6.07 Å². The molecule has 1 N–H and O–H groups in total. The highest BCUT2D eigenvalue weighted by molar-refractivity contribution is 5.90. The number of aryl methyl sites for hydroxylation is 1. The van der Waals surface area contributed by atoms with Crippen LogP contribution in [0.1, 0.15) is 10.5 Å². The van der Waals surface area contributed by atoms with E-state index in [1.807, 2.05) is 13.2 Å². The molecular weight excluding hydrogens is 234 g/mol. The Morgan fingerprint density at radius 3 is 2.83 bits per heavy atom. The summed E-state index contributed by atoms with van der Waals surface area (Å²) in [6.07, 6.45) is 6.70. The van der Waals surface area contributed by atoms with E-state index in [9.17, 15) is 4.79 Å². The first-order valence-corrected chi connectivity index (χ1v) is 5.21. The van der Waals surface area contributed by atoms with Crippen LogP contribution in [0.3, 0.4) is 0 Å². The SMILES string of the molecule is Cn1cc(-n2cc3cc(C(=O)O)ncc3n2)cn1. The third-order valence-corrected chi connectivity index (χ3v) is 2.57. The molecule has 7 heteroatoms. The van der Waals surface area contributed by atoms with Crippen LogP contribution in [-0.4, -0.2) is 35.6 Å². The van der Waals surface area contributed by atoms with E-state index >= 15 is 0 Å². The highest BCUT2D eigenvalue weighted by Crippen LogP contribution is 2.15. The molecule has 18 heavy (non-hydrogen) atoms. The summed E-state index contributed by atoms with van der Waals surface area (Å²) in [6, 6.07) is 1.50. The van der Waals surface area contributed by atoms with Gasteiger partial charge in [0.1, 0.15) is 16.9 Å². The molecule has 0 saturated heterocycles. The van der Waals surface area contributed by atoms with Gasteiger partial charge in [0.05, 0.1) is 18.6 Å². The molecule has 0 aromatic carbocycles. The number of nitrogens with zero attached hydrogens (tertiary/aromatic N) is 5. The third kappa shape index (κ3) is 1.61. The fourth-order valence-corrected chi connectivity index (χ4v) is 1.70. The Morgan fingerprint density at radius 1 is 1.33 bits per heavy atom. The molecule has 90 valence electrons. The molecule has 3 aromatic heterocycles. The van der Waals surface area contributed by atoms with Gasteiger partial charge in [0.25, 0.3) is 0 Å². The summed E-state index contributed by atoms with van der Waals surface area (Å²) in [7, 11) is 1.82. The highest BCUT2D eigenvalue weighted by Gasteiger charge is 2.09. The number of carbonyl (C=O) groups is 1. The Balaban J connectivity index is 2.13. The molecule has 0 spiro atoms. The summed E-state index contributed by atoms with van der Waals surface area (Å²) >= 11 is 0. The number of rotatable bonds is 2. The zero-order valence-corrected chi connectivity index (χ0v) is 9.48. The molecule has 0 aliphatic rings. The zero-order valence-electron chi connectivity index (χ0n) is 9.48. The van der Waals surface area contributed by atoms with Crippen LogP contribution in [0.4, 0.5) is 0 Å². The van der Waals surface area contributed by atoms with Gasteiger partial charge < -0.3 is 5.11 Å². The second-order valence-corrected chi connectivity index (χ2v) is 3.88. The van der Waals surface area contributed by atoms with Gasteiger partial charge in [-0.1, -0.05) is 0 Å². The van der Waals surface area contributed by atoms with Crippen molar-refractivity contribution in [3.8, 4) is 5.69 Å². The molecule has 0 saturated carbocycles. The van der Waals surface area contributed by atoms with Crippen molar-refractivity contribution in [2.45, 2.75) is 0 Å². The van der Waals surface area contributed by atoms with Crippen molar-refractivity contribution in [1.82, 2.24) is 24.5 Å². The molecule has 0 atom stereocenters. The molecule has 0 fully saturated rings. The predicted molar refractivity (Wildman–Crippen MR) is 62.6 cm³/mol. The molecule has 0 unspecified atom stereocenters. The van der Waals surface area contributed by atoms with E-state index in [0.29, 0.717) is 5.52 Å². The average molecular weight is 243 g/mol. The van der Waals surface area contributed by atoms with Crippen LogP contribution in [0.25, 0.3) is 16.6 Å². The minimum Gasteiger partial charge on any atom is -0.477 e. The number of aromatic carboxylic acids is 1. The average Bonchev–Trinajstić information content (AvgIpc) is 2.93. The monoisotopic (exact) mass is 243 g/mol. The zero-order chi connectivity index (χ0) is 12.7. The topological polar surface area (TPSA) is 85.8 Å². The third-order valence-electron chi connectivity index (χ3n) is 2.57. The van der Waals surface area contributed by atoms with E-state index in [1.165, 1.54) is 12.3 Å². The van der Waals surface area contributed by atoms with Crippen LogP contribution >= 0.6 is 0 Å². The van der Waals surface area contributed by atoms with Crippen LogP contribution in [0.15, 0.2) is 30.9 Å². The molecule has 0 radical (unpaired) electrons. The Kier molecular flexibility index (Phi) is 2.12. The van der Waals surface area contributed by atoms with Crippen molar-refractivity contribution in [3.63, 3.8) is 0 Å². The van der Waals surface area contributed by atoms with E-state index in [1.54, 1.807) is 21.8 Å². The summed E-state index contributed by atoms with van der Waals surface area (Å²) in [4.78, 5) is 14.6. The van der Waals surface area contributed by atoms with Crippen molar-refractivity contribution in [1.29, 1.82) is 0 Å². The van der Waals surface area contributed by atoms with E-state index in [4.69, 9.17) is 5.11 Å². The number of aromatic nitrogens is 5. The first kappa shape index (κ1) is 10.5. The van der Waals surface area contributed by atoms with Crippen LogP contribution < -0.4 is 0 Å². The van der Waals surface area contributed by atoms with Crippen LogP contribution in [0.5, 0.6) is 0 Å². The fraction of sp³-hybridized carbons (Fsp3) is 0.0909. The molecule has 0 amide bonds. The summed E-state index contributed by atoms with van der Waals surface area (Å²) in [5.41, 5.74) is 1.46. The molecule has 7 nitrogen and oxygen atoms in total. The van der Waals surface area contributed by atoms with Crippen LogP contribution in [0, 0.1) is 0 Å². The molecule has 0 aliphatic carbocycles. The Bertz CT molecular complexity index is 743. The molecule has 3 rings (SSSR count). The van der Waals surface area contributed by atoms with Crippen molar-refractivity contribution >= 4 is 16.9 Å². The van der Waals surface area contributed by atoms with Gasteiger partial charge in [-0.15, -0.1) is 0 Å². The van der Waals surface area contributed by atoms with Gasteiger partial charge in [0.15, 0.2) is 0 Å². The molecular formula is C11H9N5O2. The van der Waals surface area contributed by atoms with Gasteiger partial charge in [-0.3, -0.25) is 4.68 Å². The Hall–Kier alpha value is -2.70. The van der Waals surface area contributed by atoms with Crippen molar-refractivity contribution in [2.24, 2.45) is 7.05 Å². The molecule has 0 aliphatic heterocycles. The number of hydrogen-bond donors (Lipinski definition) is 1. The van der Waals surface area contributed by atoms with E-state index in [2.05, 4.69) is 15.2 Å². The number of carboxylic acids is 1. The standard InChI is InChI=1S/C11H9N5O2/c1-15-6-8(3-13-15)16-5-7-2-9(11(17)18)12-4-10(7)14-16/h2-6H,1H3,(H,17,18). The first-order chi connectivity index (χ1) is 8.63. The predicted octanol–water partition coefficient (Wildman–Crippen LogP) is 0.852. The Morgan fingerprint density at radius 2 is 2.17 bits per heavy atom. The molecule has 0 bridgehead atoms. The fourth-order valence-electron chi connectivity index (χ4n) is 1.70. The second kappa shape index (κ2) is 3.66. The molecule has 3 aromatic rings. The normalized spacial score (nSPS) is 10.9. The van der Waals surface area contributed by atoms with Gasteiger partial charge in [0, 0.05) is 18.6 Å². The van der Waals surface area contributed by atoms with Gasteiger partial charge in [0.2, 0.25) is 0 Å². The quantitative estimate of drug-likeness (QED) is 0.721. The smallest absolute Gasteiger partial charge is 0.354 e. The minimum atomic E-state index is -1.05. The van der Waals surface area contributed by atoms with Crippen molar-refractivity contribution in [3.05, 3.63) is 36.5 Å². The van der Waals surface area contributed by atoms with E-state index in [-0.39, 0.29) is 5.69 Å². The summed E-state index contributed by atoms with van der Waals surface area (Å²) < 4.78 is 3.31. The number of carboxylic acid groups (broad SMARTS) is 1. The lowest BCUT2D eigenvalue weighted by Crippen LogP contribution is -1.98. The van der Waals surface area contributed by atoms with Gasteiger partial charge >= 0.3 is 5.97 Å². The minimum absolute atomic E-state index is 0.00763.